The van der Waals surface area contributed by atoms with E-state index >= 15 is 0 Å². The molecule has 0 heterocycles. The van der Waals surface area contributed by atoms with Gasteiger partial charge in [0.25, 0.3) is 11.4 Å². The van der Waals surface area contributed by atoms with E-state index in [-0.39, 0.29) is 5.69 Å². The summed E-state index contributed by atoms with van der Waals surface area (Å²) >= 11 is 0. The molecule has 11 heteroatoms. The second-order valence-electron chi connectivity index (χ2n) is 3.83. The number of benzene rings is 1. The zero-order valence-electron chi connectivity index (χ0n) is 10.3. The van der Waals surface area contributed by atoms with Gasteiger partial charge in [-0.3, -0.25) is 29.8 Å². The summed E-state index contributed by atoms with van der Waals surface area (Å²) in [7, 11) is 0. The first kappa shape index (κ1) is 15.8. The number of non-ortho nitro benzene ring substituents is 1. The lowest BCUT2D eigenvalue weighted by Crippen LogP contribution is -2.34. The molecule has 0 unspecified atom stereocenters. The summed E-state index contributed by atoms with van der Waals surface area (Å²) < 4.78 is 0. The Balaban J connectivity index is 3.35. The van der Waals surface area contributed by atoms with Gasteiger partial charge in [-0.2, -0.15) is 0 Å². The number of nitro groups is 2. The number of carbonyl (C=O) groups is 2. The highest BCUT2D eigenvalue weighted by Crippen LogP contribution is 2.31. The van der Waals surface area contributed by atoms with Gasteiger partial charge in [-0.25, -0.2) is 0 Å². The number of rotatable bonds is 7. The average Bonchev–Trinajstić information content (AvgIpc) is 2.35. The molecule has 11 nitrogen and oxygen atoms in total. The Kier molecular flexibility index (Phi) is 4.72. The van der Waals surface area contributed by atoms with Crippen LogP contribution in [0.15, 0.2) is 18.2 Å². The molecule has 112 valence electrons. The molecule has 0 amide bonds. The van der Waals surface area contributed by atoms with Gasteiger partial charge in [0, 0.05) is 6.07 Å². The molecule has 0 aliphatic rings. The Morgan fingerprint density at radius 3 is 1.95 bits per heavy atom. The third-order valence-corrected chi connectivity index (χ3v) is 2.36. The van der Waals surface area contributed by atoms with E-state index in [1.807, 2.05) is 0 Å². The van der Waals surface area contributed by atoms with Crippen molar-refractivity contribution in [3.63, 3.8) is 0 Å². The third kappa shape index (κ3) is 4.12. The van der Waals surface area contributed by atoms with E-state index in [2.05, 4.69) is 0 Å². The number of aliphatic carboxylic acids is 2. The van der Waals surface area contributed by atoms with Crippen molar-refractivity contribution in [2.45, 2.75) is 0 Å². The maximum atomic E-state index is 10.9. The fraction of sp³-hybridized carbons (Fsp3) is 0.200. The van der Waals surface area contributed by atoms with E-state index in [4.69, 9.17) is 10.2 Å². The van der Waals surface area contributed by atoms with Crippen LogP contribution in [0.4, 0.5) is 17.1 Å². The van der Waals surface area contributed by atoms with Crippen molar-refractivity contribution in [2.24, 2.45) is 0 Å². The molecule has 0 aromatic heterocycles. The fourth-order valence-electron chi connectivity index (χ4n) is 1.59. The van der Waals surface area contributed by atoms with Crippen LogP contribution in [-0.2, 0) is 9.59 Å². The quantitative estimate of drug-likeness (QED) is 0.537. The van der Waals surface area contributed by atoms with Gasteiger partial charge in [-0.15, -0.1) is 0 Å². The minimum absolute atomic E-state index is 0.324. The van der Waals surface area contributed by atoms with Crippen molar-refractivity contribution in [3.05, 3.63) is 38.4 Å². The molecule has 1 aromatic rings. The molecule has 1 aromatic carbocycles. The average molecular weight is 299 g/mol. The second-order valence-corrected chi connectivity index (χ2v) is 3.83. The predicted octanol–water partition coefficient (Wildman–Crippen LogP) is 0.479. The summed E-state index contributed by atoms with van der Waals surface area (Å²) in [5.74, 6) is -2.80. The van der Waals surface area contributed by atoms with Crippen LogP contribution in [-0.4, -0.2) is 45.1 Å². The van der Waals surface area contributed by atoms with Gasteiger partial charge in [0.05, 0.1) is 15.9 Å². The van der Waals surface area contributed by atoms with Crippen molar-refractivity contribution in [1.29, 1.82) is 0 Å². The topological polar surface area (TPSA) is 164 Å². The molecule has 1 rings (SSSR count). The molecule has 0 radical (unpaired) electrons. The molecule has 0 spiro atoms. The standard InChI is InChI=1S/C10H9N3O8/c14-9(15)4-11(5-10(16)17)7-2-1-6(12(18)19)3-8(7)13(20)21/h1-3H,4-5H2,(H,14,15)(H,16,17). The first-order chi connectivity index (χ1) is 9.72. The second kappa shape index (κ2) is 6.27. The monoisotopic (exact) mass is 299 g/mol. The fourth-order valence-corrected chi connectivity index (χ4v) is 1.59. The Labute approximate surface area is 116 Å². The van der Waals surface area contributed by atoms with Crippen LogP contribution in [0.3, 0.4) is 0 Å². The highest BCUT2D eigenvalue weighted by Gasteiger charge is 2.25. The molecular weight excluding hydrogens is 290 g/mol. The number of nitro benzene ring substituents is 2. The molecule has 0 saturated heterocycles. The smallest absolute Gasteiger partial charge is 0.323 e. The van der Waals surface area contributed by atoms with Gasteiger partial charge in [0.1, 0.15) is 18.8 Å². The third-order valence-electron chi connectivity index (χ3n) is 2.36. The lowest BCUT2D eigenvalue weighted by Gasteiger charge is -2.20. The first-order valence-corrected chi connectivity index (χ1v) is 5.33. The van der Waals surface area contributed by atoms with Crippen LogP contribution >= 0.6 is 0 Å². The number of carboxylic acids is 2. The van der Waals surface area contributed by atoms with Gasteiger partial charge >= 0.3 is 11.9 Å². The molecule has 0 atom stereocenters. The van der Waals surface area contributed by atoms with Crippen molar-refractivity contribution in [2.75, 3.05) is 18.0 Å². The Morgan fingerprint density at radius 1 is 1.05 bits per heavy atom. The van der Waals surface area contributed by atoms with Gasteiger partial charge in [-0.1, -0.05) is 0 Å². The van der Waals surface area contributed by atoms with Gasteiger partial charge < -0.3 is 15.1 Å². The Hall–Kier alpha value is -3.24. The van der Waals surface area contributed by atoms with Crippen LogP contribution in [0.2, 0.25) is 0 Å². The first-order valence-electron chi connectivity index (χ1n) is 5.33. The highest BCUT2D eigenvalue weighted by atomic mass is 16.6. The van der Waals surface area contributed by atoms with E-state index in [1.165, 1.54) is 0 Å². The largest absolute Gasteiger partial charge is 0.480 e. The van der Waals surface area contributed by atoms with Gasteiger partial charge in [0.15, 0.2) is 0 Å². The number of hydrogen-bond donors (Lipinski definition) is 2. The zero-order chi connectivity index (χ0) is 16.2. The SMILES string of the molecule is O=C(O)CN(CC(=O)O)c1ccc([N+](=O)[O-])cc1[N+](=O)[O-]. The normalized spacial score (nSPS) is 9.90. The van der Waals surface area contributed by atoms with Crippen LogP contribution in [0, 0.1) is 20.2 Å². The predicted molar refractivity (Wildman–Crippen MR) is 67.2 cm³/mol. The van der Waals surface area contributed by atoms with Crippen LogP contribution in [0.25, 0.3) is 0 Å². The van der Waals surface area contributed by atoms with Gasteiger partial charge in [-0.05, 0) is 6.07 Å². The molecule has 0 aliphatic heterocycles. The summed E-state index contributed by atoms with van der Waals surface area (Å²) in [6.45, 7) is -1.60. The molecule has 0 saturated carbocycles. The van der Waals surface area contributed by atoms with E-state index in [0.717, 1.165) is 17.0 Å². The molecule has 0 fully saturated rings. The van der Waals surface area contributed by atoms with E-state index in [9.17, 15) is 29.8 Å². The summed E-state index contributed by atoms with van der Waals surface area (Å²) in [4.78, 5) is 41.9. The highest BCUT2D eigenvalue weighted by molar-refractivity contribution is 5.82. The molecule has 0 bridgehead atoms. The minimum Gasteiger partial charge on any atom is -0.480 e. The molecule has 21 heavy (non-hydrogen) atoms. The van der Waals surface area contributed by atoms with E-state index < -0.39 is 46.2 Å². The molecular formula is C10H9N3O8. The maximum Gasteiger partial charge on any atom is 0.323 e. The van der Waals surface area contributed by atoms with Crippen LogP contribution in [0.5, 0.6) is 0 Å². The number of hydrogen-bond acceptors (Lipinski definition) is 7. The molecule has 0 aliphatic carbocycles. The van der Waals surface area contributed by atoms with Gasteiger partial charge in [0.2, 0.25) is 0 Å². The number of carboxylic acid groups (broad SMARTS) is 2. The van der Waals surface area contributed by atoms with Crippen molar-refractivity contribution >= 4 is 29.0 Å². The van der Waals surface area contributed by atoms with Crippen LogP contribution < -0.4 is 4.90 Å². The lowest BCUT2D eigenvalue weighted by molar-refractivity contribution is -0.393. The number of anilines is 1. The van der Waals surface area contributed by atoms with Crippen LogP contribution in [0.1, 0.15) is 0 Å². The summed E-state index contributed by atoms with van der Waals surface area (Å²) in [5.41, 5.74) is -1.63. The summed E-state index contributed by atoms with van der Waals surface area (Å²) in [5, 5.41) is 39.0. The lowest BCUT2D eigenvalue weighted by atomic mass is 10.2. The Bertz CT molecular complexity index is 598. The van der Waals surface area contributed by atoms with E-state index in [0.29, 0.717) is 6.07 Å². The maximum absolute atomic E-state index is 10.9. The number of nitrogens with zero attached hydrogens (tertiary/aromatic N) is 3. The molecule has 2 N–H and O–H groups in total. The zero-order valence-corrected chi connectivity index (χ0v) is 10.3. The van der Waals surface area contributed by atoms with Crippen molar-refractivity contribution < 1.29 is 29.6 Å². The summed E-state index contributed by atoms with van der Waals surface area (Å²) in [6, 6.07) is 2.52. The van der Waals surface area contributed by atoms with Crippen molar-refractivity contribution in [1.82, 2.24) is 0 Å². The minimum atomic E-state index is -1.40. The van der Waals surface area contributed by atoms with Crippen molar-refractivity contribution in [3.8, 4) is 0 Å². The summed E-state index contributed by atoms with van der Waals surface area (Å²) in [6.07, 6.45) is 0. The Morgan fingerprint density at radius 2 is 1.57 bits per heavy atom. The van der Waals surface area contributed by atoms with E-state index in [1.54, 1.807) is 0 Å².